The largest absolute Gasteiger partial charge is 0.563 e. The van der Waals surface area contributed by atoms with Crippen LogP contribution in [0.1, 0.15) is 15.9 Å². The summed E-state index contributed by atoms with van der Waals surface area (Å²) >= 11 is 5.53. The summed E-state index contributed by atoms with van der Waals surface area (Å²) in [5.41, 5.74) is -2.25. The van der Waals surface area contributed by atoms with E-state index in [0.29, 0.717) is 6.07 Å². The van der Waals surface area contributed by atoms with Crippen LogP contribution in [0.25, 0.3) is 0 Å². The van der Waals surface area contributed by atoms with E-state index in [0.717, 1.165) is 36.6 Å². The van der Waals surface area contributed by atoms with Crippen molar-refractivity contribution in [3.8, 4) is 11.5 Å². The van der Waals surface area contributed by atoms with E-state index in [9.17, 15) is 46.2 Å². The molecule has 0 amide bonds. The van der Waals surface area contributed by atoms with Crippen molar-refractivity contribution in [1.82, 2.24) is 0 Å². The molecule has 0 saturated carbocycles. The van der Waals surface area contributed by atoms with Gasteiger partial charge in [-0.25, -0.2) is 9.35 Å². The highest BCUT2D eigenvalue weighted by Crippen LogP contribution is 2.37. The number of rotatable bonds is 6. The van der Waals surface area contributed by atoms with Gasteiger partial charge in [0.25, 0.3) is 5.69 Å². The van der Waals surface area contributed by atoms with Gasteiger partial charge in [0.15, 0.2) is 0 Å². The van der Waals surface area contributed by atoms with E-state index >= 15 is 0 Å². The van der Waals surface area contributed by atoms with E-state index in [1.54, 1.807) is 0 Å². The number of benzene rings is 2. The molecule has 0 aliphatic carbocycles. The van der Waals surface area contributed by atoms with Crippen LogP contribution in [0.2, 0.25) is 5.02 Å². The molecule has 182 valence electrons. The number of nitro groups is 1. The molecule has 0 radical (unpaired) electrons. The Hall–Kier alpha value is -2.70. The molecule has 1 atom stereocenters. The molecule has 2 N–H and O–H groups in total. The van der Waals surface area contributed by atoms with Gasteiger partial charge in [-0.2, -0.15) is 13.2 Å². The quantitative estimate of drug-likeness (QED) is 0.127. The highest BCUT2D eigenvalue weighted by molar-refractivity contribution is 8.00. The smallest absolute Gasteiger partial charge is 0.482 e. The van der Waals surface area contributed by atoms with Crippen molar-refractivity contribution in [2.24, 2.45) is 0 Å². The average Bonchev–Trinajstić information content (AvgIpc) is 2.68. The van der Waals surface area contributed by atoms with Gasteiger partial charge in [-0.3, -0.25) is 10.1 Å². The van der Waals surface area contributed by atoms with Crippen LogP contribution in [0.5, 0.6) is 11.5 Å². The van der Waals surface area contributed by atoms with Crippen LogP contribution in [0.3, 0.4) is 0 Å². The van der Waals surface area contributed by atoms with Gasteiger partial charge in [0.2, 0.25) is 0 Å². The van der Waals surface area contributed by atoms with Crippen LogP contribution < -0.4 is 4.74 Å². The lowest BCUT2D eigenvalue weighted by molar-refractivity contribution is -0.779. The predicted molar refractivity (Wildman–Crippen MR) is 106 cm³/mol. The lowest BCUT2D eigenvalue weighted by atomic mass is 10.1. The van der Waals surface area contributed by atoms with Gasteiger partial charge >= 0.3 is 22.4 Å². The molecular weight excluding hydrogens is 528 g/mol. The fourth-order valence-electron chi connectivity index (χ4n) is 1.89. The number of halogens is 5. The second kappa shape index (κ2) is 10.5. The Labute approximate surface area is 191 Å². The summed E-state index contributed by atoms with van der Waals surface area (Å²) in [5.74, 6) is -1.83. The maximum Gasteiger partial charge on any atom is 0.482 e. The Morgan fingerprint density at radius 2 is 1.82 bits per heavy atom. The lowest BCUT2D eigenvalue weighted by Crippen LogP contribution is -2.30. The number of hydrogen-bond acceptors (Lipinski definition) is 8. The number of quaternary nitrogens is 1. The normalized spacial score (nSPS) is 13.3. The Morgan fingerprint density at radius 3 is 2.18 bits per heavy atom. The number of carboxylic acids is 1. The Bertz CT molecular complexity index is 1160. The first-order valence-electron chi connectivity index (χ1n) is 7.80. The summed E-state index contributed by atoms with van der Waals surface area (Å²) in [7, 11) is -5.17. The van der Waals surface area contributed by atoms with Gasteiger partial charge in [0.1, 0.15) is 29.0 Å². The van der Waals surface area contributed by atoms with Gasteiger partial charge in [0, 0.05) is 26.5 Å². The molecule has 33 heavy (non-hydrogen) atoms. The number of carbonyl (C=O) groups is 1. The van der Waals surface area contributed by atoms with E-state index in [-0.39, 0.29) is 28.5 Å². The summed E-state index contributed by atoms with van der Waals surface area (Å²) in [5, 5.41) is 29.3. The zero-order chi connectivity index (χ0) is 25.8. The second-order valence-electron chi connectivity index (χ2n) is 5.55. The van der Waals surface area contributed by atoms with Crippen molar-refractivity contribution < 1.29 is 53.9 Å². The van der Waals surface area contributed by atoms with Crippen LogP contribution in [0.15, 0.2) is 36.4 Å². The Kier molecular flexibility index (Phi) is 9.01. The third-order valence-corrected chi connectivity index (χ3v) is 5.67. The SMILES string of the molecule is CS[N+]([O-])(F)S(=O)(=O)O.O=C(O)c1cc(Oc2ccc(C(F)(F)F)cc2Cl)ccc1[N+](=O)[O-]. The minimum Gasteiger partial charge on any atom is -0.563 e. The summed E-state index contributed by atoms with van der Waals surface area (Å²) < 4.78 is 78.7. The molecule has 0 aliphatic heterocycles. The molecular formula is C15H11ClF4N2O9S2. The first kappa shape index (κ1) is 28.3. The fourth-order valence-corrected chi connectivity index (χ4v) is 2.86. The Morgan fingerprint density at radius 1 is 1.24 bits per heavy atom. The number of aromatic carboxylic acids is 1. The lowest BCUT2D eigenvalue weighted by Gasteiger charge is -2.18. The predicted octanol–water partition coefficient (Wildman–Crippen LogP) is 5.02. The van der Waals surface area contributed by atoms with Crippen molar-refractivity contribution >= 4 is 45.5 Å². The topological polar surface area (TPSA) is 167 Å². The molecule has 0 fully saturated rings. The fraction of sp³-hybridized carbons (Fsp3) is 0.133. The number of nitrogens with zero attached hydrogens (tertiary/aromatic N) is 2. The van der Waals surface area contributed by atoms with Crippen molar-refractivity contribution in [3.63, 3.8) is 0 Å². The average molecular weight is 539 g/mol. The molecule has 18 heteroatoms. The molecule has 0 bridgehead atoms. The monoisotopic (exact) mass is 538 g/mol. The molecule has 2 aromatic carbocycles. The molecule has 0 aromatic heterocycles. The summed E-state index contributed by atoms with van der Waals surface area (Å²) in [4.78, 5) is 20.9. The maximum absolute atomic E-state index is 12.6. The summed E-state index contributed by atoms with van der Waals surface area (Å²) in [6.07, 6.45) is -3.66. The van der Waals surface area contributed by atoms with Crippen molar-refractivity contribution in [1.29, 1.82) is 0 Å². The zero-order valence-corrected chi connectivity index (χ0v) is 18.2. The molecule has 11 nitrogen and oxygen atoms in total. The summed E-state index contributed by atoms with van der Waals surface area (Å²) in [6.45, 7) is 0. The molecule has 2 rings (SSSR count). The highest BCUT2D eigenvalue weighted by atomic mass is 35.5. The molecule has 0 heterocycles. The van der Waals surface area contributed by atoms with Gasteiger partial charge in [-0.05, 0) is 24.3 Å². The van der Waals surface area contributed by atoms with Gasteiger partial charge < -0.3 is 15.1 Å². The van der Waals surface area contributed by atoms with E-state index in [2.05, 4.69) is 0 Å². The molecule has 0 aliphatic rings. The van der Waals surface area contributed by atoms with Gasteiger partial charge in [-0.15, -0.1) is 8.42 Å². The molecule has 0 saturated heterocycles. The standard InChI is InChI=1S/C14H7ClF3NO5.CH4FNO4S2/c15-10-5-7(14(16,17)18)1-4-12(10)24-8-2-3-11(19(22)23)9(6-8)13(20)21;1-8-3(2,4)9(5,6)7/h1-6H,(H,20,21);1H3,(H,5,6,7). The molecule has 1 unspecified atom stereocenters. The van der Waals surface area contributed by atoms with Crippen LogP contribution in [0, 0.1) is 15.3 Å². The van der Waals surface area contributed by atoms with E-state index in [1.807, 2.05) is 0 Å². The van der Waals surface area contributed by atoms with Crippen LogP contribution in [-0.2, 0) is 16.5 Å². The van der Waals surface area contributed by atoms with Gasteiger partial charge in [0.05, 0.1) is 15.5 Å². The number of alkyl halides is 3. The third kappa shape index (κ3) is 7.69. The zero-order valence-electron chi connectivity index (χ0n) is 15.8. The Balaban J connectivity index is 0.000000513. The number of hydrogen-bond donors (Lipinski definition) is 2. The summed E-state index contributed by atoms with van der Waals surface area (Å²) in [6, 6.07) is 5.27. The number of carboxylic acid groups (broad SMARTS) is 1. The number of ether oxygens (including phenoxy) is 1. The van der Waals surface area contributed by atoms with Crippen molar-refractivity contribution in [3.05, 3.63) is 67.9 Å². The van der Waals surface area contributed by atoms with Crippen LogP contribution in [0.4, 0.5) is 23.3 Å². The molecule has 0 spiro atoms. The molecule has 2 aromatic rings. The van der Waals surface area contributed by atoms with E-state index < -0.39 is 47.9 Å². The number of nitro benzene ring substituents is 1. The minimum absolute atomic E-state index is 0.125. The first-order chi connectivity index (χ1) is 14.9. The van der Waals surface area contributed by atoms with Crippen LogP contribution >= 0.6 is 23.5 Å². The first-order valence-corrected chi connectivity index (χ1v) is 10.8. The second-order valence-corrected chi connectivity index (χ2v) is 8.39. The third-order valence-electron chi connectivity index (χ3n) is 3.38. The minimum atomic E-state index is -5.17. The van der Waals surface area contributed by atoms with E-state index in [1.165, 1.54) is 0 Å². The van der Waals surface area contributed by atoms with Crippen molar-refractivity contribution in [2.45, 2.75) is 6.18 Å². The van der Waals surface area contributed by atoms with E-state index in [4.69, 9.17) is 26.0 Å². The van der Waals surface area contributed by atoms with Crippen LogP contribution in [-0.4, -0.2) is 38.9 Å². The highest BCUT2D eigenvalue weighted by Gasteiger charge is 2.34. The van der Waals surface area contributed by atoms with Gasteiger partial charge in [-0.1, -0.05) is 11.6 Å². The van der Waals surface area contributed by atoms with Crippen molar-refractivity contribution in [2.75, 3.05) is 6.26 Å². The maximum atomic E-state index is 12.6.